The van der Waals surface area contributed by atoms with Gasteiger partial charge in [0.15, 0.2) is 11.6 Å². The predicted octanol–water partition coefficient (Wildman–Crippen LogP) is 3.50. The van der Waals surface area contributed by atoms with Crippen molar-refractivity contribution >= 4 is 5.91 Å². The van der Waals surface area contributed by atoms with E-state index in [1.165, 1.54) is 6.07 Å². The standard InChI is InChI=1S/C20H24FN3O2/c1-24-13-6-2-3-10-17(24)19(25)23-14-15-8-7-12-22-20(15)26-18-11-5-4-9-16(18)21/h4-5,7-9,11-12,17H,2-3,6,10,13-14H2,1H3,(H,23,25)/t17-/m0/s1. The van der Waals surface area contributed by atoms with Gasteiger partial charge in [0.2, 0.25) is 11.8 Å². The number of benzene rings is 1. The minimum absolute atomic E-state index is 0.00935. The molecule has 1 saturated heterocycles. The van der Waals surface area contributed by atoms with Gasteiger partial charge in [-0.3, -0.25) is 9.69 Å². The average molecular weight is 357 g/mol. The Kier molecular flexibility index (Phi) is 6.17. The molecule has 3 rings (SSSR count). The molecule has 0 bridgehead atoms. The number of nitrogens with zero attached hydrogens (tertiary/aromatic N) is 2. The van der Waals surface area contributed by atoms with Gasteiger partial charge in [-0.25, -0.2) is 9.37 Å². The average Bonchev–Trinajstić information content (AvgIpc) is 2.87. The van der Waals surface area contributed by atoms with Crippen molar-refractivity contribution in [2.24, 2.45) is 0 Å². The number of aromatic nitrogens is 1. The highest BCUT2D eigenvalue weighted by molar-refractivity contribution is 5.81. The molecule has 0 aliphatic carbocycles. The largest absolute Gasteiger partial charge is 0.436 e. The van der Waals surface area contributed by atoms with Gasteiger partial charge in [0.05, 0.1) is 6.04 Å². The van der Waals surface area contributed by atoms with Crippen LogP contribution < -0.4 is 10.1 Å². The number of ether oxygens (including phenoxy) is 1. The Bertz CT molecular complexity index is 753. The van der Waals surface area contributed by atoms with Crippen LogP contribution in [0.5, 0.6) is 11.6 Å². The normalized spacial score (nSPS) is 18.2. The summed E-state index contributed by atoms with van der Waals surface area (Å²) in [5, 5.41) is 2.97. The molecule has 1 fully saturated rings. The molecule has 1 atom stereocenters. The summed E-state index contributed by atoms with van der Waals surface area (Å²) >= 11 is 0. The van der Waals surface area contributed by atoms with Crippen LogP contribution in [-0.2, 0) is 11.3 Å². The van der Waals surface area contributed by atoms with E-state index >= 15 is 0 Å². The highest BCUT2D eigenvalue weighted by Gasteiger charge is 2.24. The number of likely N-dealkylation sites (N-methyl/N-ethyl adjacent to an activating group) is 1. The second-order valence-electron chi connectivity index (χ2n) is 6.56. The van der Waals surface area contributed by atoms with E-state index < -0.39 is 5.82 Å². The van der Waals surface area contributed by atoms with Crippen molar-refractivity contribution in [3.8, 4) is 11.6 Å². The summed E-state index contributed by atoms with van der Waals surface area (Å²) < 4.78 is 19.4. The van der Waals surface area contributed by atoms with Crippen molar-refractivity contribution < 1.29 is 13.9 Å². The van der Waals surface area contributed by atoms with Gasteiger partial charge in [0, 0.05) is 18.3 Å². The summed E-state index contributed by atoms with van der Waals surface area (Å²) in [6.45, 7) is 1.23. The number of halogens is 1. The molecule has 138 valence electrons. The zero-order valence-corrected chi connectivity index (χ0v) is 15.0. The Morgan fingerprint density at radius 2 is 2.12 bits per heavy atom. The predicted molar refractivity (Wildman–Crippen MR) is 97.4 cm³/mol. The molecule has 5 nitrogen and oxygen atoms in total. The summed E-state index contributed by atoms with van der Waals surface area (Å²) in [4.78, 5) is 18.9. The monoisotopic (exact) mass is 357 g/mol. The zero-order chi connectivity index (χ0) is 18.4. The van der Waals surface area contributed by atoms with E-state index in [4.69, 9.17) is 4.74 Å². The van der Waals surface area contributed by atoms with Gasteiger partial charge in [-0.05, 0) is 44.6 Å². The summed E-state index contributed by atoms with van der Waals surface area (Å²) in [6, 6.07) is 9.67. The molecule has 0 saturated carbocycles. The van der Waals surface area contributed by atoms with Gasteiger partial charge in [-0.1, -0.05) is 31.0 Å². The van der Waals surface area contributed by atoms with E-state index in [1.807, 2.05) is 13.1 Å². The molecule has 2 aromatic rings. The number of carbonyl (C=O) groups is 1. The summed E-state index contributed by atoms with van der Waals surface area (Å²) in [5.41, 5.74) is 0.709. The number of rotatable bonds is 5. The van der Waals surface area contributed by atoms with E-state index in [0.29, 0.717) is 18.0 Å². The van der Waals surface area contributed by atoms with Crippen LogP contribution in [0.15, 0.2) is 42.6 Å². The molecule has 1 aromatic carbocycles. The van der Waals surface area contributed by atoms with Crippen molar-refractivity contribution in [3.63, 3.8) is 0 Å². The Balaban J connectivity index is 1.66. The van der Waals surface area contributed by atoms with Crippen LogP contribution in [0.25, 0.3) is 0 Å². The Morgan fingerprint density at radius 1 is 1.27 bits per heavy atom. The number of para-hydroxylation sites is 1. The third-order valence-electron chi connectivity index (χ3n) is 4.67. The Morgan fingerprint density at radius 3 is 2.96 bits per heavy atom. The smallest absolute Gasteiger partial charge is 0.237 e. The summed E-state index contributed by atoms with van der Waals surface area (Å²) in [5.74, 6) is -0.0299. The highest BCUT2D eigenvalue weighted by Crippen LogP contribution is 2.25. The van der Waals surface area contributed by atoms with Crippen LogP contribution in [0, 0.1) is 5.82 Å². The fraction of sp³-hybridized carbons (Fsp3) is 0.400. The summed E-state index contributed by atoms with van der Waals surface area (Å²) in [6.07, 6.45) is 5.81. The van der Waals surface area contributed by atoms with E-state index in [9.17, 15) is 9.18 Å². The van der Waals surface area contributed by atoms with Crippen LogP contribution in [0.2, 0.25) is 0 Å². The third kappa shape index (κ3) is 4.58. The Hall–Kier alpha value is -2.47. The molecule has 1 aromatic heterocycles. The zero-order valence-electron chi connectivity index (χ0n) is 15.0. The Labute approximate surface area is 153 Å². The van der Waals surface area contributed by atoms with Crippen molar-refractivity contribution in [1.82, 2.24) is 15.2 Å². The molecular formula is C20H24FN3O2. The first-order valence-electron chi connectivity index (χ1n) is 8.99. The van der Waals surface area contributed by atoms with Crippen molar-refractivity contribution in [3.05, 3.63) is 54.0 Å². The molecule has 0 unspecified atom stereocenters. The van der Waals surface area contributed by atoms with Crippen LogP contribution >= 0.6 is 0 Å². The van der Waals surface area contributed by atoms with Gasteiger partial charge >= 0.3 is 0 Å². The topological polar surface area (TPSA) is 54.5 Å². The summed E-state index contributed by atoms with van der Waals surface area (Å²) in [7, 11) is 1.99. The minimum atomic E-state index is -0.451. The van der Waals surface area contributed by atoms with Crippen LogP contribution in [-0.4, -0.2) is 35.4 Å². The van der Waals surface area contributed by atoms with E-state index in [0.717, 1.165) is 32.2 Å². The third-order valence-corrected chi connectivity index (χ3v) is 4.67. The van der Waals surface area contributed by atoms with Crippen LogP contribution in [0.1, 0.15) is 31.2 Å². The number of nitrogens with one attached hydrogen (secondary N) is 1. The van der Waals surface area contributed by atoms with Gasteiger partial charge in [-0.2, -0.15) is 0 Å². The maximum atomic E-state index is 13.8. The molecular weight excluding hydrogens is 333 g/mol. The number of pyridine rings is 1. The fourth-order valence-corrected chi connectivity index (χ4v) is 3.17. The van der Waals surface area contributed by atoms with E-state index in [-0.39, 0.29) is 17.7 Å². The molecule has 6 heteroatoms. The molecule has 0 radical (unpaired) electrons. The van der Waals surface area contributed by atoms with Gasteiger partial charge in [0.1, 0.15) is 0 Å². The number of amides is 1. The number of carbonyl (C=O) groups excluding carboxylic acids is 1. The highest BCUT2D eigenvalue weighted by atomic mass is 19.1. The second-order valence-corrected chi connectivity index (χ2v) is 6.56. The maximum absolute atomic E-state index is 13.8. The lowest BCUT2D eigenvalue weighted by molar-refractivity contribution is -0.126. The number of hydrogen-bond donors (Lipinski definition) is 1. The first-order chi connectivity index (χ1) is 12.6. The van der Waals surface area contributed by atoms with Gasteiger partial charge < -0.3 is 10.1 Å². The molecule has 26 heavy (non-hydrogen) atoms. The minimum Gasteiger partial charge on any atom is -0.436 e. The SMILES string of the molecule is CN1CCCCC[C@H]1C(=O)NCc1cccnc1Oc1ccccc1F. The van der Waals surface area contributed by atoms with Crippen molar-refractivity contribution in [2.45, 2.75) is 38.3 Å². The second kappa shape index (κ2) is 8.76. The maximum Gasteiger partial charge on any atom is 0.237 e. The first-order valence-corrected chi connectivity index (χ1v) is 8.99. The van der Waals surface area contributed by atoms with E-state index in [2.05, 4.69) is 15.2 Å². The van der Waals surface area contributed by atoms with E-state index in [1.54, 1.807) is 30.5 Å². The molecule has 0 spiro atoms. The lowest BCUT2D eigenvalue weighted by atomic mass is 10.1. The number of hydrogen-bond acceptors (Lipinski definition) is 4. The molecule has 2 heterocycles. The van der Waals surface area contributed by atoms with Crippen molar-refractivity contribution in [1.29, 1.82) is 0 Å². The van der Waals surface area contributed by atoms with Crippen molar-refractivity contribution in [2.75, 3.05) is 13.6 Å². The lowest BCUT2D eigenvalue weighted by Gasteiger charge is -2.24. The molecule has 1 N–H and O–H groups in total. The fourth-order valence-electron chi connectivity index (χ4n) is 3.17. The lowest BCUT2D eigenvalue weighted by Crippen LogP contribution is -2.44. The van der Waals surface area contributed by atoms with Crippen LogP contribution in [0.3, 0.4) is 0 Å². The number of likely N-dealkylation sites (tertiary alicyclic amines) is 1. The first kappa shape index (κ1) is 18.3. The quantitative estimate of drug-likeness (QED) is 0.890. The van der Waals surface area contributed by atoms with Gasteiger partial charge in [-0.15, -0.1) is 0 Å². The van der Waals surface area contributed by atoms with Crippen LogP contribution in [0.4, 0.5) is 4.39 Å². The molecule has 1 aliphatic heterocycles. The molecule has 1 amide bonds. The van der Waals surface area contributed by atoms with Gasteiger partial charge in [0.25, 0.3) is 0 Å². The molecule has 1 aliphatic rings.